The number of thiophene rings is 1. The largest absolute Gasteiger partial charge is 0.491 e. The molecule has 0 spiro atoms. The number of hydrogen-bond donors (Lipinski definition) is 0. The lowest BCUT2D eigenvalue weighted by Gasteiger charge is -2.12. The van der Waals surface area contributed by atoms with Crippen molar-refractivity contribution in [2.75, 3.05) is 38.5 Å². The van der Waals surface area contributed by atoms with Crippen LogP contribution in [0.1, 0.15) is 0 Å². The summed E-state index contributed by atoms with van der Waals surface area (Å²) in [5, 5.41) is 1.15. The van der Waals surface area contributed by atoms with Gasteiger partial charge in [-0.3, -0.25) is 4.18 Å². The van der Waals surface area contributed by atoms with Crippen LogP contribution in [0, 0.1) is 0 Å². The van der Waals surface area contributed by atoms with Crippen LogP contribution in [0.25, 0.3) is 20.5 Å². The van der Waals surface area contributed by atoms with Gasteiger partial charge in [-0.2, -0.15) is 8.42 Å². The van der Waals surface area contributed by atoms with E-state index >= 15 is 0 Å². The third-order valence-corrected chi connectivity index (χ3v) is 5.55. The molecule has 26 heavy (non-hydrogen) atoms. The summed E-state index contributed by atoms with van der Waals surface area (Å²) in [5.41, 5.74) is 2.35. The topological polar surface area (TPSA) is 55.8 Å². The average Bonchev–Trinajstić information content (AvgIpc) is 3.01. The third-order valence-electron chi connectivity index (χ3n) is 3.81. The van der Waals surface area contributed by atoms with E-state index in [4.69, 9.17) is 4.74 Å². The van der Waals surface area contributed by atoms with Crippen LogP contribution in [0.2, 0.25) is 0 Å². The van der Waals surface area contributed by atoms with E-state index in [0.29, 0.717) is 5.75 Å². The minimum Gasteiger partial charge on any atom is -0.491 e. The summed E-state index contributed by atoms with van der Waals surface area (Å²) in [6, 6.07) is 16.5. The van der Waals surface area contributed by atoms with Crippen molar-refractivity contribution >= 4 is 37.2 Å². The van der Waals surface area contributed by atoms with Crippen LogP contribution in [0.4, 0.5) is 5.69 Å². The van der Waals surface area contributed by atoms with Gasteiger partial charge in [0.15, 0.2) is 0 Å². The second kappa shape index (κ2) is 7.65. The maximum Gasteiger partial charge on any atom is 0.264 e. The lowest BCUT2D eigenvalue weighted by atomic mass is 10.1. The van der Waals surface area contributed by atoms with Crippen molar-refractivity contribution < 1.29 is 17.3 Å². The zero-order valence-electron chi connectivity index (χ0n) is 14.9. The predicted molar refractivity (Wildman–Crippen MR) is 108 cm³/mol. The van der Waals surface area contributed by atoms with E-state index < -0.39 is 10.1 Å². The van der Waals surface area contributed by atoms with E-state index in [9.17, 15) is 8.42 Å². The standard InChI is InChI=1S/C19H21NO4S2/c1-20(2)16-7-4-14(5-8-16)18-12-15-6-9-17(13-19(15)25-18)23-10-11-24-26(3,21)22/h4-9,12-13H,10-11H2,1-3H3. The first-order valence-corrected chi connectivity index (χ1v) is 10.7. The van der Waals surface area contributed by atoms with Gasteiger partial charge in [0.05, 0.1) is 6.26 Å². The number of benzene rings is 2. The predicted octanol–water partition coefficient (Wildman–Crippen LogP) is 3.99. The molecule has 0 atom stereocenters. The lowest BCUT2D eigenvalue weighted by Crippen LogP contribution is -2.11. The molecule has 0 aliphatic carbocycles. The first kappa shape index (κ1) is 18.7. The summed E-state index contributed by atoms with van der Waals surface area (Å²) in [4.78, 5) is 3.27. The van der Waals surface area contributed by atoms with Crippen molar-refractivity contribution in [1.82, 2.24) is 0 Å². The van der Waals surface area contributed by atoms with Gasteiger partial charge in [-0.05, 0) is 47.3 Å². The number of fused-ring (bicyclic) bond motifs is 1. The summed E-state index contributed by atoms with van der Waals surface area (Å²) in [6.45, 7) is 0.188. The molecule has 0 amide bonds. The normalized spacial score (nSPS) is 11.7. The Morgan fingerprint density at radius 3 is 2.38 bits per heavy atom. The van der Waals surface area contributed by atoms with E-state index in [1.807, 2.05) is 32.3 Å². The fourth-order valence-corrected chi connectivity index (χ4v) is 3.98. The van der Waals surface area contributed by atoms with Crippen molar-refractivity contribution in [2.45, 2.75) is 0 Å². The molecule has 0 unspecified atom stereocenters. The molecule has 0 saturated heterocycles. The molecule has 0 saturated carbocycles. The number of anilines is 1. The van der Waals surface area contributed by atoms with Gasteiger partial charge < -0.3 is 9.64 Å². The van der Waals surface area contributed by atoms with Gasteiger partial charge in [0.1, 0.15) is 19.0 Å². The summed E-state index contributed by atoms with van der Waals surface area (Å²) >= 11 is 1.70. The first-order chi connectivity index (χ1) is 12.3. The molecule has 1 aromatic heterocycles. The number of rotatable bonds is 7. The van der Waals surface area contributed by atoms with Crippen molar-refractivity contribution in [3.8, 4) is 16.2 Å². The first-order valence-electron chi connectivity index (χ1n) is 8.10. The minimum absolute atomic E-state index is 0.00475. The van der Waals surface area contributed by atoms with Crippen LogP contribution < -0.4 is 9.64 Å². The quantitative estimate of drug-likeness (QED) is 0.450. The van der Waals surface area contributed by atoms with Crippen molar-refractivity contribution in [3.05, 3.63) is 48.5 Å². The Labute approximate surface area is 157 Å². The van der Waals surface area contributed by atoms with Gasteiger partial charge in [0.25, 0.3) is 10.1 Å². The number of ether oxygens (including phenoxy) is 1. The number of hydrogen-bond acceptors (Lipinski definition) is 6. The molecular weight excluding hydrogens is 370 g/mol. The zero-order valence-corrected chi connectivity index (χ0v) is 16.6. The molecule has 3 aromatic rings. The summed E-state index contributed by atoms with van der Waals surface area (Å²) in [5.74, 6) is 0.700. The maximum atomic E-state index is 10.9. The molecule has 0 fully saturated rings. The van der Waals surface area contributed by atoms with Crippen LogP contribution >= 0.6 is 11.3 Å². The molecule has 138 valence electrons. The minimum atomic E-state index is -3.43. The molecule has 1 heterocycles. The number of nitrogens with zero attached hydrogens (tertiary/aromatic N) is 1. The van der Waals surface area contributed by atoms with Gasteiger partial charge in [-0.25, -0.2) is 0 Å². The van der Waals surface area contributed by atoms with Crippen LogP contribution in [-0.2, 0) is 14.3 Å². The SMILES string of the molecule is CN(C)c1ccc(-c2cc3ccc(OCCOS(C)(=O)=O)cc3s2)cc1. The highest BCUT2D eigenvalue weighted by Crippen LogP contribution is 2.35. The highest BCUT2D eigenvalue weighted by molar-refractivity contribution is 7.85. The molecule has 0 aliphatic rings. The Morgan fingerprint density at radius 2 is 1.73 bits per heavy atom. The van der Waals surface area contributed by atoms with Crippen molar-refractivity contribution in [1.29, 1.82) is 0 Å². The molecule has 5 nitrogen and oxygen atoms in total. The van der Waals surface area contributed by atoms with Crippen LogP contribution in [0.5, 0.6) is 5.75 Å². The molecule has 7 heteroatoms. The van der Waals surface area contributed by atoms with Crippen molar-refractivity contribution in [2.24, 2.45) is 0 Å². The van der Waals surface area contributed by atoms with Crippen LogP contribution in [-0.4, -0.2) is 42.0 Å². The van der Waals surface area contributed by atoms with Gasteiger partial charge in [-0.15, -0.1) is 11.3 Å². The van der Waals surface area contributed by atoms with Crippen LogP contribution in [0.3, 0.4) is 0 Å². The van der Waals surface area contributed by atoms with E-state index in [-0.39, 0.29) is 13.2 Å². The van der Waals surface area contributed by atoms with E-state index in [0.717, 1.165) is 16.3 Å². The fraction of sp³-hybridized carbons (Fsp3) is 0.263. The molecule has 0 aliphatic heterocycles. The van der Waals surface area contributed by atoms with Gasteiger partial charge in [-0.1, -0.05) is 12.1 Å². The summed E-state index contributed by atoms with van der Waals surface area (Å²) in [7, 11) is 0.619. The summed E-state index contributed by atoms with van der Waals surface area (Å²) < 4.78 is 33.2. The Kier molecular flexibility index (Phi) is 5.50. The Morgan fingerprint density at radius 1 is 1.00 bits per heavy atom. The molecule has 0 bridgehead atoms. The Hall–Kier alpha value is -2.09. The van der Waals surface area contributed by atoms with Gasteiger partial charge >= 0.3 is 0 Å². The fourth-order valence-electron chi connectivity index (χ4n) is 2.51. The van der Waals surface area contributed by atoms with E-state index in [2.05, 4.69) is 39.4 Å². The molecule has 0 N–H and O–H groups in total. The monoisotopic (exact) mass is 391 g/mol. The molecule has 0 radical (unpaired) electrons. The lowest BCUT2D eigenvalue weighted by molar-refractivity contribution is 0.222. The van der Waals surface area contributed by atoms with E-state index in [1.165, 1.54) is 16.1 Å². The maximum absolute atomic E-state index is 10.9. The Bertz CT molecular complexity index is 992. The van der Waals surface area contributed by atoms with Gasteiger partial charge in [0, 0.05) is 29.4 Å². The second-order valence-electron chi connectivity index (χ2n) is 6.13. The molecule has 3 rings (SSSR count). The Balaban J connectivity index is 1.72. The smallest absolute Gasteiger partial charge is 0.264 e. The summed E-state index contributed by atoms with van der Waals surface area (Å²) in [6.07, 6.45) is 1.03. The third kappa shape index (κ3) is 4.75. The van der Waals surface area contributed by atoms with E-state index in [1.54, 1.807) is 11.3 Å². The van der Waals surface area contributed by atoms with Gasteiger partial charge in [0.2, 0.25) is 0 Å². The highest BCUT2D eigenvalue weighted by Gasteiger charge is 2.07. The zero-order chi connectivity index (χ0) is 18.7. The molecule has 2 aromatic carbocycles. The van der Waals surface area contributed by atoms with Crippen molar-refractivity contribution in [3.63, 3.8) is 0 Å². The highest BCUT2D eigenvalue weighted by atomic mass is 32.2. The molecular formula is C19H21NO4S2. The van der Waals surface area contributed by atoms with Crippen LogP contribution in [0.15, 0.2) is 48.5 Å². The second-order valence-corrected chi connectivity index (χ2v) is 8.85. The average molecular weight is 392 g/mol.